The van der Waals surface area contributed by atoms with Gasteiger partial charge < -0.3 is 10.3 Å². The van der Waals surface area contributed by atoms with Crippen LogP contribution < -0.4 is 10.9 Å². The molecule has 0 bridgehead atoms. The Labute approximate surface area is 197 Å². The molecule has 1 amide bonds. The lowest BCUT2D eigenvalue weighted by Crippen LogP contribution is -2.39. The monoisotopic (exact) mass is 461 g/mol. The Morgan fingerprint density at radius 1 is 1.18 bits per heavy atom. The summed E-state index contributed by atoms with van der Waals surface area (Å²) in [5.41, 5.74) is 2.70. The van der Waals surface area contributed by atoms with E-state index in [1.807, 2.05) is 38.1 Å². The van der Waals surface area contributed by atoms with Crippen molar-refractivity contribution in [1.82, 2.24) is 9.97 Å². The quantitative estimate of drug-likeness (QED) is 0.529. The molecule has 1 aromatic carbocycles. The van der Waals surface area contributed by atoms with Gasteiger partial charge >= 0.3 is 0 Å². The lowest BCUT2D eigenvalue weighted by Gasteiger charge is -2.34. The summed E-state index contributed by atoms with van der Waals surface area (Å²) in [4.78, 5) is 46.3. The van der Waals surface area contributed by atoms with Crippen LogP contribution in [0.1, 0.15) is 53.0 Å². The molecule has 170 valence electrons. The zero-order chi connectivity index (χ0) is 23.6. The molecular formula is C26H27N3O3S. The third-order valence-corrected chi connectivity index (χ3v) is 7.05. The van der Waals surface area contributed by atoms with Crippen LogP contribution in [0, 0.1) is 6.92 Å². The molecule has 1 aliphatic carbocycles. The third kappa shape index (κ3) is 4.78. The summed E-state index contributed by atoms with van der Waals surface area (Å²) in [5, 5.41) is 2.88. The van der Waals surface area contributed by atoms with Crippen LogP contribution in [0.25, 0.3) is 0 Å². The lowest BCUT2D eigenvalue weighted by atomic mass is 9.68. The largest absolute Gasteiger partial charge is 0.329 e. The topological polar surface area (TPSA) is 91.9 Å². The summed E-state index contributed by atoms with van der Waals surface area (Å²) in [5.74, 6) is 1.28. The second kappa shape index (κ2) is 9.35. The molecule has 2 aromatic heterocycles. The van der Waals surface area contributed by atoms with E-state index >= 15 is 0 Å². The number of Topliss-reactive ketones (excluding diaryl/α,β-unsaturated/α-hetero) is 1. The van der Waals surface area contributed by atoms with Gasteiger partial charge in [-0.3, -0.25) is 14.4 Å². The maximum absolute atomic E-state index is 13.5. The predicted octanol–water partition coefficient (Wildman–Crippen LogP) is 4.46. The molecule has 0 fully saturated rings. The van der Waals surface area contributed by atoms with Gasteiger partial charge in [0.2, 0.25) is 11.5 Å². The average Bonchev–Trinajstić information content (AvgIpc) is 2.78. The molecule has 2 N–H and O–H groups in total. The summed E-state index contributed by atoms with van der Waals surface area (Å²) in [7, 11) is 0. The number of aromatic amines is 1. The van der Waals surface area contributed by atoms with Gasteiger partial charge in [-0.1, -0.05) is 19.1 Å². The van der Waals surface area contributed by atoms with Gasteiger partial charge in [0, 0.05) is 22.7 Å². The second-order valence-electron chi connectivity index (χ2n) is 8.55. The average molecular weight is 462 g/mol. The van der Waals surface area contributed by atoms with E-state index in [0.717, 1.165) is 16.9 Å². The minimum atomic E-state index is -0.777. The Kier molecular flexibility index (Phi) is 6.51. The summed E-state index contributed by atoms with van der Waals surface area (Å²) in [6, 6.07) is 13.0. The first-order valence-corrected chi connectivity index (χ1v) is 12.0. The molecule has 1 atom stereocenters. The summed E-state index contributed by atoms with van der Waals surface area (Å²) >= 11 is 1.76. The molecular weight excluding hydrogens is 434 g/mol. The Bertz CT molecular complexity index is 1270. The van der Waals surface area contributed by atoms with Gasteiger partial charge in [0.15, 0.2) is 5.78 Å². The van der Waals surface area contributed by atoms with E-state index in [1.165, 1.54) is 11.0 Å². The number of carbonyl (C=O) groups is 2. The molecule has 7 heteroatoms. The standard InChI is InChI=1S/C26H27N3O3S/c1-4-33-19-7-5-17(6-8-19)14-23(31)29-21-13-16(2)24-20(28-21)9-11-26(3,25(24)32)18-10-12-27-22(30)15-18/h5-8,10,12-13,15H,4,9,11,14H2,1-3H3,(H,27,30)(H,28,29,31). The molecule has 0 saturated carbocycles. The number of rotatable bonds is 6. The maximum Gasteiger partial charge on any atom is 0.248 e. The Hall–Kier alpha value is -3.19. The van der Waals surface area contributed by atoms with Crippen molar-refractivity contribution in [3.63, 3.8) is 0 Å². The first-order chi connectivity index (χ1) is 15.8. The number of thioether (sulfide) groups is 1. The number of anilines is 1. The van der Waals surface area contributed by atoms with E-state index in [2.05, 4.69) is 22.2 Å². The third-order valence-electron chi connectivity index (χ3n) is 6.16. The van der Waals surface area contributed by atoms with Crippen molar-refractivity contribution in [1.29, 1.82) is 0 Å². The van der Waals surface area contributed by atoms with Crippen LogP contribution in [0.4, 0.5) is 5.82 Å². The van der Waals surface area contributed by atoms with E-state index in [9.17, 15) is 14.4 Å². The normalized spacial score (nSPS) is 17.5. The molecule has 0 radical (unpaired) electrons. The molecule has 3 aromatic rings. The molecule has 2 heterocycles. The van der Waals surface area contributed by atoms with Crippen LogP contribution in [-0.4, -0.2) is 27.4 Å². The molecule has 0 spiro atoms. The fourth-order valence-electron chi connectivity index (χ4n) is 4.36. The molecule has 1 unspecified atom stereocenters. The lowest BCUT2D eigenvalue weighted by molar-refractivity contribution is -0.115. The number of benzene rings is 1. The SMILES string of the molecule is CCSc1ccc(CC(=O)Nc2cc(C)c3c(n2)CCC(C)(c2cc[nH]c(=O)c2)C3=O)cc1. The molecule has 4 rings (SSSR count). The van der Waals surface area contributed by atoms with E-state index in [4.69, 9.17) is 0 Å². The zero-order valence-corrected chi connectivity index (χ0v) is 19.8. The highest BCUT2D eigenvalue weighted by molar-refractivity contribution is 7.99. The fourth-order valence-corrected chi connectivity index (χ4v) is 5.02. The van der Waals surface area contributed by atoms with Gasteiger partial charge in [0.1, 0.15) is 5.82 Å². The number of amides is 1. The van der Waals surface area contributed by atoms with E-state index in [-0.39, 0.29) is 23.7 Å². The first kappa shape index (κ1) is 23.0. The van der Waals surface area contributed by atoms with Crippen LogP contribution in [0.2, 0.25) is 0 Å². The minimum absolute atomic E-state index is 0.0396. The number of nitrogens with zero attached hydrogens (tertiary/aromatic N) is 1. The Balaban J connectivity index is 1.52. The molecule has 1 aliphatic rings. The predicted molar refractivity (Wildman–Crippen MR) is 131 cm³/mol. The van der Waals surface area contributed by atoms with Gasteiger partial charge in [-0.25, -0.2) is 4.98 Å². The van der Waals surface area contributed by atoms with Crippen LogP contribution in [0.5, 0.6) is 0 Å². The smallest absolute Gasteiger partial charge is 0.248 e. The molecule has 0 aliphatic heterocycles. The number of aryl methyl sites for hydroxylation is 2. The van der Waals surface area contributed by atoms with Gasteiger partial charge in [-0.05, 0) is 73.4 Å². The molecule has 33 heavy (non-hydrogen) atoms. The summed E-state index contributed by atoms with van der Waals surface area (Å²) in [6.07, 6.45) is 2.97. The van der Waals surface area contributed by atoms with Crippen molar-refractivity contribution in [3.8, 4) is 0 Å². The highest BCUT2D eigenvalue weighted by atomic mass is 32.2. The van der Waals surface area contributed by atoms with Crippen LogP contribution in [-0.2, 0) is 23.1 Å². The number of hydrogen-bond acceptors (Lipinski definition) is 5. The second-order valence-corrected chi connectivity index (χ2v) is 9.89. The van der Waals surface area contributed by atoms with Crippen LogP contribution in [0.3, 0.4) is 0 Å². The number of aromatic nitrogens is 2. The Morgan fingerprint density at radius 3 is 2.64 bits per heavy atom. The molecule has 0 saturated heterocycles. The van der Waals surface area contributed by atoms with Gasteiger partial charge in [-0.15, -0.1) is 11.8 Å². The number of fused-ring (bicyclic) bond motifs is 1. The van der Waals surface area contributed by atoms with Crippen LogP contribution >= 0.6 is 11.8 Å². The summed E-state index contributed by atoms with van der Waals surface area (Å²) in [6.45, 7) is 5.85. The van der Waals surface area contributed by atoms with Crippen molar-refractivity contribution in [2.75, 3.05) is 11.1 Å². The number of nitrogens with one attached hydrogen (secondary N) is 2. The Morgan fingerprint density at radius 2 is 1.94 bits per heavy atom. The number of ketones is 1. The number of pyridine rings is 2. The van der Waals surface area contributed by atoms with Gasteiger partial charge in [-0.2, -0.15) is 0 Å². The number of carbonyl (C=O) groups excluding carboxylic acids is 2. The van der Waals surface area contributed by atoms with Crippen LogP contribution in [0.15, 0.2) is 58.4 Å². The zero-order valence-electron chi connectivity index (χ0n) is 19.0. The minimum Gasteiger partial charge on any atom is -0.329 e. The van der Waals surface area contributed by atoms with Gasteiger partial charge in [0.25, 0.3) is 0 Å². The maximum atomic E-state index is 13.5. The fraction of sp³-hybridized carbons (Fsp3) is 0.308. The van der Waals surface area contributed by atoms with Crippen molar-refractivity contribution < 1.29 is 9.59 Å². The van der Waals surface area contributed by atoms with Crippen molar-refractivity contribution >= 4 is 29.3 Å². The number of H-pyrrole nitrogens is 1. The number of hydrogen-bond donors (Lipinski definition) is 2. The highest BCUT2D eigenvalue weighted by Gasteiger charge is 2.41. The van der Waals surface area contributed by atoms with Crippen molar-refractivity contribution in [2.45, 2.75) is 50.3 Å². The van der Waals surface area contributed by atoms with E-state index in [1.54, 1.807) is 30.1 Å². The first-order valence-electron chi connectivity index (χ1n) is 11.1. The highest BCUT2D eigenvalue weighted by Crippen LogP contribution is 2.39. The van der Waals surface area contributed by atoms with E-state index in [0.29, 0.717) is 35.5 Å². The van der Waals surface area contributed by atoms with Crippen molar-refractivity contribution in [2.24, 2.45) is 0 Å². The van der Waals surface area contributed by atoms with Crippen molar-refractivity contribution in [3.05, 3.63) is 87.0 Å². The molecule has 6 nitrogen and oxygen atoms in total. The van der Waals surface area contributed by atoms with Gasteiger partial charge in [0.05, 0.1) is 17.5 Å². The summed E-state index contributed by atoms with van der Waals surface area (Å²) < 4.78 is 0. The van der Waals surface area contributed by atoms with E-state index < -0.39 is 5.41 Å².